The molecule has 1 aliphatic rings. The van der Waals surface area contributed by atoms with E-state index < -0.39 is 0 Å². The molecule has 0 bridgehead atoms. The first-order valence-electron chi connectivity index (χ1n) is 8.55. The molecule has 6 nitrogen and oxygen atoms in total. The summed E-state index contributed by atoms with van der Waals surface area (Å²) in [5.41, 5.74) is 0.863. The molecular weight excluding hydrogens is 330 g/mol. The van der Waals surface area contributed by atoms with E-state index in [2.05, 4.69) is 9.88 Å². The fourth-order valence-corrected chi connectivity index (χ4v) is 2.90. The molecule has 0 saturated carbocycles. The van der Waals surface area contributed by atoms with Gasteiger partial charge in [-0.05, 0) is 35.9 Å². The minimum Gasteiger partial charge on any atom is -0.497 e. The van der Waals surface area contributed by atoms with Crippen molar-refractivity contribution in [3.8, 4) is 11.5 Å². The van der Waals surface area contributed by atoms with Crippen LogP contribution in [0.2, 0.25) is 0 Å². The van der Waals surface area contributed by atoms with Crippen molar-refractivity contribution in [2.45, 2.75) is 0 Å². The molecule has 2 heterocycles. The molecule has 0 radical (unpaired) electrons. The molecule has 6 heteroatoms. The van der Waals surface area contributed by atoms with Crippen molar-refractivity contribution in [2.24, 2.45) is 0 Å². The minimum atomic E-state index is 0.00691. The molecule has 1 amide bonds. The van der Waals surface area contributed by atoms with Crippen LogP contribution >= 0.6 is 0 Å². The average molecular weight is 353 g/mol. The Hall–Kier alpha value is -3.02. The number of methoxy groups -OCH3 is 2. The van der Waals surface area contributed by atoms with Crippen molar-refractivity contribution in [1.82, 2.24) is 9.88 Å². The van der Waals surface area contributed by atoms with E-state index in [1.165, 1.54) is 0 Å². The monoisotopic (exact) mass is 353 g/mol. The third kappa shape index (κ3) is 4.33. The number of ether oxygens (including phenoxy) is 2. The van der Waals surface area contributed by atoms with Crippen LogP contribution in [0.3, 0.4) is 0 Å². The van der Waals surface area contributed by atoms with Crippen molar-refractivity contribution in [3.63, 3.8) is 0 Å². The summed E-state index contributed by atoms with van der Waals surface area (Å²) in [6.45, 7) is 2.93. The number of amides is 1. The normalized spacial score (nSPS) is 14.5. The number of hydrogen-bond acceptors (Lipinski definition) is 5. The van der Waals surface area contributed by atoms with E-state index in [1.807, 2.05) is 35.2 Å². The number of hydrogen-bond donors (Lipinski definition) is 0. The lowest BCUT2D eigenvalue weighted by molar-refractivity contribution is -0.126. The van der Waals surface area contributed by atoms with Gasteiger partial charge >= 0.3 is 0 Å². The summed E-state index contributed by atoms with van der Waals surface area (Å²) in [6.07, 6.45) is 5.18. The Morgan fingerprint density at radius 2 is 1.73 bits per heavy atom. The molecule has 26 heavy (non-hydrogen) atoms. The molecule has 1 aliphatic heterocycles. The molecule has 0 unspecified atom stereocenters. The van der Waals surface area contributed by atoms with Crippen molar-refractivity contribution in [1.29, 1.82) is 0 Å². The highest BCUT2D eigenvalue weighted by atomic mass is 16.5. The van der Waals surface area contributed by atoms with Crippen LogP contribution in [0.15, 0.2) is 48.7 Å². The van der Waals surface area contributed by atoms with Crippen molar-refractivity contribution in [2.75, 3.05) is 45.3 Å². The second-order valence-electron chi connectivity index (χ2n) is 5.98. The van der Waals surface area contributed by atoms with Crippen LogP contribution in [0.4, 0.5) is 5.82 Å². The first-order chi connectivity index (χ1) is 12.7. The summed E-state index contributed by atoms with van der Waals surface area (Å²) < 4.78 is 10.5. The van der Waals surface area contributed by atoms with Crippen molar-refractivity contribution < 1.29 is 14.3 Å². The Balaban J connectivity index is 1.60. The fourth-order valence-electron chi connectivity index (χ4n) is 2.90. The third-order valence-corrected chi connectivity index (χ3v) is 4.36. The lowest BCUT2D eigenvalue weighted by Gasteiger charge is -2.34. The van der Waals surface area contributed by atoms with E-state index >= 15 is 0 Å². The number of benzene rings is 1. The van der Waals surface area contributed by atoms with Gasteiger partial charge in [0.05, 0.1) is 14.2 Å². The van der Waals surface area contributed by atoms with Crippen molar-refractivity contribution >= 4 is 17.8 Å². The second-order valence-corrected chi connectivity index (χ2v) is 5.98. The van der Waals surface area contributed by atoms with Gasteiger partial charge in [-0.25, -0.2) is 4.98 Å². The van der Waals surface area contributed by atoms with Gasteiger partial charge in [0.1, 0.15) is 17.3 Å². The number of carbonyl (C=O) groups excluding carboxylic acids is 1. The van der Waals surface area contributed by atoms with Gasteiger partial charge in [-0.15, -0.1) is 0 Å². The second kappa shape index (κ2) is 8.38. The molecular formula is C20H23N3O3. The Bertz CT molecular complexity index is 747. The molecule has 0 atom stereocenters. The largest absolute Gasteiger partial charge is 0.497 e. The van der Waals surface area contributed by atoms with E-state index in [1.54, 1.807) is 38.6 Å². The van der Waals surface area contributed by atoms with Crippen LogP contribution in [0.5, 0.6) is 11.5 Å². The van der Waals surface area contributed by atoms with E-state index in [4.69, 9.17) is 9.47 Å². The van der Waals surface area contributed by atoms with Crippen LogP contribution in [0, 0.1) is 0 Å². The smallest absolute Gasteiger partial charge is 0.246 e. The minimum absolute atomic E-state index is 0.00691. The lowest BCUT2D eigenvalue weighted by atomic mass is 10.2. The van der Waals surface area contributed by atoms with Gasteiger partial charge in [-0.2, -0.15) is 0 Å². The summed E-state index contributed by atoms with van der Waals surface area (Å²) >= 11 is 0. The van der Waals surface area contributed by atoms with Gasteiger partial charge in [0.15, 0.2) is 0 Å². The standard InChI is InChI=1S/C20H23N3O3/c1-25-17-13-16(14-18(15-17)26-2)6-7-20(24)23-11-9-22(10-12-23)19-5-3-4-8-21-19/h3-8,13-15H,9-12H2,1-2H3/b7-6+. The number of aromatic nitrogens is 1. The summed E-state index contributed by atoms with van der Waals surface area (Å²) in [5, 5.41) is 0. The zero-order chi connectivity index (χ0) is 18.4. The summed E-state index contributed by atoms with van der Waals surface area (Å²) in [7, 11) is 3.21. The Kier molecular flexibility index (Phi) is 5.73. The molecule has 1 fully saturated rings. The predicted octanol–water partition coefficient (Wildman–Crippen LogP) is 2.46. The van der Waals surface area contributed by atoms with Crippen LogP contribution in [0.1, 0.15) is 5.56 Å². The zero-order valence-corrected chi connectivity index (χ0v) is 15.1. The van der Waals surface area contributed by atoms with E-state index in [0.717, 1.165) is 24.5 Å². The van der Waals surface area contributed by atoms with Gasteiger partial charge in [-0.3, -0.25) is 4.79 Å². The number of rotatable bonds is 5. The first-order valence-corrected chi connectivity index (χ1v) is 8.55. The topological polar surface area (TPSA) is 54.9 Å². The zero-order valence-electron chi connectivity index (χ0n) is 15.1. The molecule has 0 spiro atoms. The number of nitrogens with zero attached hydrogens (tertiary/aromatic N) is 3. The Labute approximate surface area is 153 Å². The van der Waals surface area contributed by atoms with E-state index in [-0.39, 0.29) is 5.91 Å². The molecule has 136 valence electrons. The average Bonchev–Trinajstić information content (AvgIpc) is 2.72. The highest BCUT2D eigenvalue weighted by Gasteiger charge is 2.20. The molecule has 0 aliphatic carbocycles. The van der Waals surface area contributed by atoms with Gasteiger partial charge in [0.2, 0.25) is 5.91 Å². The van der Waals surface area contributed by atoms with Crippen LogP contribution in [-0.4, -0.2) is 56.2 Å². The fraction of sp³-hybridized carbons (Fsp3) is 0.300. The summed E-state index contributed by atoms with van der Waals surface area (Å²) in [5.74, 6) is 2.35. The molecule has 2 aromatic rings. The molecule has 1 saturated heterocycles. The van der Waals surface area contributed by atoms with Crippen molar-refractivity contribution in [3.05, 3.63) is 54.2 Å². The van der Waals surface area contributed by atoms with Gasteiger partial charge in [-0.1, -0.05) is 6.07 Å². The number of piperazine rings is 1. The summed E-state index contributed by atoms with van der Waals surface area (Å²) in [6, 6.07) is 11.4. The highest BCUT2D eigenvalue weighted by molar-refractivity contribution is 5.92. The molecule has 1 aromatic carbocycles. The van der Waals surface area contributed by atoms with Crippen LogP contribution in [-0.2, 0) is 4.79 Å². The molecule has 3 rings (SSSR count). The molecule has 0 N–H and O–H groups in total. The van der Waals surface area contributed by atoms with Crippen LogP contribution < -0.4 is 14.4 Å². The molecule has 1 aromatic heterocycles. The van der Waals surface area contributed by atoms with E-state index in [9.17, 15) is 4.79 Å². The SMILES string of the molecule is COc1cc(/C=C/C(=O)N2CCN(c3ccccn3)CC2)cc(OC)c1. The predicted molar refractivity (Wildman–Crippen MR) is 102 cm³/mol. The third-order valence-electron chi connectivity index (χ3n) is 4.36. The maximum Gasteiger partial charge on any atom is 0.246 e. The van der Waals surface area contributed by atoms with Gasteiger partial charge in [0, 0.05) is 44.5 Å². The highest BCUT2D eigenvalue weighted by Crippen LogP contribution is 2.23. The summed E-state index contributed by atoms with van der Waals surface area (Å²) in [4.78, 5) is 20.9. The maximum atomic E-state index is 12.5. The van der Waals surface area contributed by atoms with Crippen LogP contribution in [0.25, 0.3) is 6.08 Å². The van der Waals surface area contributed by atoms with E-state index in [0.29, 0.717) is 24.6 Å². The maximum absolute atomic E-state index is 12.5. The quantitative estimate of drug-likeness (QED) is 0.773. The van der Waals surface area contributed by atoms with Gasteiger partial charge in [0.25, 0.3) is 0 Å². The Morgan fingerprint density at radius 3 is 2.31 bits per heavy atom. The number of carbonyl (C=O) groups is 1. The number of pyridine rings is 1. The Morgan fingerprint density at radius 1 is 1.04 bits per heavy atom. The number of anilines is 1. The van der Waals surface area contributed by atoms with Gasteiger partial charge < -0.3 is 19.3 Å². The lowest BCUT2D eigenvalue weighted by Crippen LogP contribution is -2.48. The first kappa shape index (κ1) is 17.8.